The van der Waals surface area contributed by atoms with Crippen LogP contribution in [0.3, 0.4) is 0 Å². The van der Waals surface area contributed by atoms with E-state index >= 15 is 0 Å². The van der Waals surface area contributed by atoms with E-state index in [-0.39, 0.29) is 0 Å². The molecule has 1 heterocycles. The van der Waals surface area contributed by atoms with Crippen LogP contribution in [0.5, 0.6) is 0 Å². The second-order valence-electron chi connectivity index (χ2n) is 4.34. The number of rotatable bonds is 1. The van der Waals surface area contributed by atoms with E-state index < -0.39 is 11.8 Å². The van der Waals surface area contributed by atoms with Crippen molar-refractivity contribution in [1.29, 1.82) is 0 Å². The summed E-state index contributed by atoms with van der Waals surface area (Å²) in [6.45, 7) is 1.55. The van der Waals surface area contributed by atoms with Gasteiger partial charge in [-0.05, 0) is 18.8 Å². The van der Waals surface area contributed by atoms with Crippen molar-refractivity contribution in [3.8, 4) is 0 Å². The lowest BCUT2D eigenvalue weighted by molar-refractivity contribution is -0.176. The van der Waals surface area contributed by atoms with Gasteiger partial charge >= 0.3 is 5.97 Å². The van der Waals surface area contributed by atoms with Gasteiger partial charge < -0.3 is 9.84 Å². The first kappa shape index (κ1) is 9.71. The summed E-state index contributed by atoms with van der Waals surface area (Å²) in [7, 11) is 0. The van der Waals surface area contributed by atoms with E-state index in [9.17, 15) is 9.90 Å². The Morgan fingerprint density at radius 1 is 1.43 bits per heavy atom. The summed E-state index contributed by atoms with van der Waals surface area (Å²) in [6, 6.07) is 0. The summed E-state index contributed by atoms with van der Waals surface area (Å²) in [5.41, 5.74) is 0.780. The van der Waals surface area contributed by atoms with E-state index in [0.29, 0.717) is 5.92 Å². The van der Waals surface area contributed by atoms with E-state index in [0.717, 1.165) is 18.4 Å². The highest BCUT2D eigenvalue weighted by Gasteiger charge is 2.40. The fourth-order valence-electron chi connectivity index (χ4n) is 2.46. The Labute approximate surface area is 83.8 Å². The molecule has 0 spiro atoms. The molecular weight excluding hydrogens is 180 g/mol. The van der Waals surface area contributed by atoms with Crippen LogP contribution in [-0.2, 0) is 9.53 Å². The van der Waals surface area contributed by atoms with Crippen molar-refractivity contribution in [2.24, 2.45) is 5.92 Å². The molecule has 1 N–H and O–H groups in total. The van der Waals surface area contributed by atoms with E-state index in [4.69, 9.17) is 4.74 Å². The number of cyclic esters (lactones) is 1. The molecule has 0 aromatic heterocycles. The summed E-state index contributed by atoms with van der Waals surface area (Å²) in [6.07, 6.45) is 7.24. The quantitative estimate of drug-likeness (QED) is 0.650. The predicted molar refractivity (Wildman–Crippen MR) is 51.4 cm³/mol. The highest BCUT2D eigenvalue weighted by Crippen LogP contribution is 2.38. The number of aliphatic hydroxyl groups is 1. The van der Waals surface area contributed by atoms with Crippen LogP contribution in [0, 0.1) is 5.92 Å². The van der Waals surface area contributed by atoms with E-state index in [1.165, 1.54) is 25.3 Å². The molecule has 1 aliphatic carbocycles. The first-order valence-electron chi connectivity index (χ1n) is 5.27. The molecule has 78 valence electrons. The molecule has 0 amide bonds. The molecule has 3 heteroatoms. The van der Waals surface area contributed by atoms with Gasteiger partial charge in [-0.15, -0.1) is 0 Å². The number of carbonyl (C=O) groups is 1. The molecule has 1 fully saturated rings. The topological polar surface area (TPSA) is 46.5 Å². The molecule has 0 aromatic carbocycles. The Bertz CT molecular complexity index is 272. The molecule has 0 radical (unpaired) electrons. The van der Waals surface area contributed by atoms with Crippen molar-refractivity contribution in [2.75, 3.05) is 0 Å². The minimum absolute atomic E-state index is 0.338. The van der Waals surface area contributed by atoms with Gasteiger partial charge in [0.05, 0.1) is 0 Å². The van der Waals surface area contributed by atoms with Crippen LogP contribution < -0.4 is 0 Å². The van der Waals surface area contributed by atoms with Gasteiger partial charge in [0.25, 0.3) is 0 Å². The maximum absolute atomic E-state index is 11.1. The Morgan fingerprint density at radius 3 is 2.57 bits per heavy atom. The normalized spacial score (nSPS) is 34.1. The zero-order chi connectivity index (χ0) is 10.2. The van der Waals surface area contributed by atoms with Crippen molar-refractivity contribution in [3.05, 3.63) is 11.6 Å². The minimum Gasteiger partial charge on any atom is -0.426 e. The third-order valence-corrected chi connectivity index (χ3v) is 3.15. The molecule has 1 unspecified atom stereocenters. The number of hydrogen-bond donors (Lipinski definition) is 1. The highest BCUT2D eigenvalue weighted by atomic mass is 16.7. The molecule has 2 rings (SSSR count). The maximum atomic E-state index is 11.1. The summed E-state index contributed by atoms with van der Waals surface area (Å²) in [5.74, 6) is -1.42. The van der Waals surface area contributed by atoms with Crippen molar-refractivity contribution < 1.29 is 14.6 Å². The van der Waals surface area contributed by atoms with Crippen LogP contribution >= 0.6 is 0 Å². The lowest BCUT2D eigenvalue weighted by Gasteiger charge is -2.29. The third kappa shape index (κ3) is 1.69. The molecule has 0 aromatic rings. The molecule has 1 saturated carbocycles. The molecular formula is C11H16O3. The van der Waals surface area contributed by atoms with Crippen LogP contribution in [0.2, 0.25) is 0 Å². The first-order chi connectivity index (χ1) is 6.59. The van der Waals surface area contributed by atoms with Gasteiger partial charge in [0, 0.05) is 18.6 Å². The molecule has 1 atom stereocenters. The zero-order valence-corrected chi connectivity index (χ0v) is 8.45. The number of carbonyl (C=O) groups excluding carboxylic acids is 1. The van der Waals surface area contributed by atoms with E-state index in [2.05, 4.69) is 0 Å². The monoisotopic (exact) mass is 196 g/mol. The van der Waals surface area contributed by atoms with E-state index in [1.54, 1.807) is 6.92 Å². The summed E-state index contributed by atoms with van der Waals surface area (Å²) in [5, 5.41) is 9.87. The van der Waals surface area contributed by atoms with Crippen LogP contribution in [-0.4, -0.2) is 16.9 Å². The second kappa shape index (κ2) is 3.39. The zero-order valence-electron chi connectivity index (χ0n) is 8.45. The lowest BCUT2D eigenvalue weighted by atomic mass is 9.81. The average Bonchev–Trinajstić information content (AvgIpc) is 2.41. The average molecular weight is 196 g/mol. The third-order valence-electron chi connectivity index (χ3n) is 3.15. The SMILES string of the molecule is CC1(O)OC(=O)C=C1C1CCCCC1. The molecule has 14 heavy (non-hydrogen) atoms. The maximum Gasteiger partial charge on any atom is 0.333 e. The smallest absolute Gasteiger partial charge is 0.333 e. The van der Waals surface area contributed by atoms with Crippen molar-refractivity contribution in [2.45, 2.75) is 44.8 Å². The molecule has 3 nitrogen and oxygen atoms in total. The van der Waals surface area contributed by atoms with Crippen molar-refractivity contribution in [3.63, 3.8) is 0 Å². The van der Waals surface area contributed by atoms with Gasteiger partial charge in [0.2, 0.25) is 5.79 Å². The first-order valence-corrected chi connectivity index (χ1v) is 5.27. The van der Waals surface area contributed by atoms with Gasteiger partial charge in [-0.3, -0.25) is 0 Å². The number of hydrogen-bond acceptors (Lipinski definition) is 3. The largest absolute Gasteiger partial charge is 0.426 e. The van der Waals surface area contributed by atoms with E-state index in [1.807, 2.05) is 0 Å². The Balaban J connectivity index is 2.15. The standard InChI is InChI=1S/C11H16O3/c1-11(13)9(7-10(12)14-11)8-5-3-2-4-6-8/h7-8,13H,2-6H2,1H3. The van der Waals surface area contributed by atoms with Crippen LogP contribution in [0.15, 0.2) is 11.6 Å². The van der Waals surface area contributed by atoms with Gasteiger partial charge in [0.15, 0.2) is 0 Å². The second-order valence-corrected chi connectivity index (χ2v) is 4.34. The number of esters is 1. The molecule has 0 bridgehead atoms. The number of ether oxygens (including phenoxy) is 1. The van der Waals surface area contributed by atoms with Gasteiger partial charge in [-0.1, -0.05) is 19.3 Å². The minimum atomic E-state index is -1.35. The predicted octanol–water partition coefficient (Wildman–Crippen LogP) is 1.76. The lowest BCUT2D eigenvalue weighted by Crippen LogP contribution is -2.31. The van der Waals surface area contributed by atoms with Crippen molar-refractivity contribution >= 4 is 5.97 Å². The Hall–Kier alpha value is -0.830. The molecule has 0 saturated heterocycles. The van der Waals surface area contributed by atoms with Crippen molar-refractivity contribution in [1.82, 2.24) is 0 Å². The highest BCUT2D eigenvalue weighted by molar-refractivity contribution is 5.86. The van der Waals surface area contributed by atoms with Crippen LogP contribution in [0.4, 0.5) is 0 Å². The fraction of sp³-hybridized carbons (Fsp3) is 0.727. The Morgan fingerprint density at radius 2 is 2.07 bits per heavy atom. The Kier molecular flexibility index (Phi) is 2.35. The van der Waals surface area contributed by atoms with Gasteiger partial charge in [0.1, 0.15) is 0 Å². The molecule has 1 aliphatic heterocycles. The fourth-order valence-corrected chi connectivity index (χ4v) is 2.46. The summed E-state index contributed by atoms with van der Waals surface area (Å²) < 4.78 is 4.84. The van der Waals surface area contributed by atoms with Crippen LogP contribution in [0.1, 0.15) is 39.0 Å². The molecule has 2 aliphatic rings. The van der Waals surface area contributed by atoms with Gasteiger partial charge in [-0.25, -0.2) is 4.79 Å². The summed E-state index contributed by atoms with van der Waals surface area (Å²) in [4.78, 5) is 11.1. The van der Waals surface area contributed by atoms with Crippen LogP contribution in [0.25, 0.3) is 0 Å². The summed E-state index contributed by atoms with van der Waals surface area (Å²) >= 11 is 0. The van der Waals surface area contributed by atoms with Gasteiger partial charge in [-0.2, -0.15) is 0 Å².